The van der Waals surface area contributed by atoms with E-state index in [0.29, 0.717) is 5.41 Å². The molecule has 0 aromatic carbocycles. The van der Waals surface area contributed by atoms with Gasteiger partial charge in [0.05, 0.1) is 6.61 Å². The molecule has 0 radical (unpaired) electrons. The molecule has 3 atom stereocenters. The summed E-state index contributed by atoms with van der Waals surface area (Å²) < 4.78 is 0. The molecule has 2 saturated carbocycles. The van der Waals surface area contributed by atoms with Crippen molar-refractivity contribution in [3.63, 3.8) is 0 Å². The highest BCUT2D eigenvalue weighted by molar-refractivity contribution is 5.19. The molecule has 0 unspecified atom stereocenters. The predicted molar refractivity (Wildman–Crippen MR) is 77.4 cm³/mol. The van der Waals surface area contributed by atoms with Crippen LogP contribution in [0.25, 0.3) is 0 Å². The van der Waals surface area contributed by atoms with Crippen molar-refractivity contribution in [2.45, 2.75) is 66.2 Å². The minimum absolute atomic E-state index is 0.277. The molecule has 0 bridgehead atoms. The van der Waals surface area contributed by atoms with Gasteiger partial charge in [0, 0.05) is 0 Å². The normalized spacial score (nSPS) is 38.2. The van der Waals surface area contributed by atoms with E-state index in [2.05, 4.69) is 27.7 Å². The number of hydrogen-bond acceptors (Lipinski definition) is 1. The van der Waals surface area contributed by atoms with E-state index in [1.807, 2.05) is 0 Å². The number of allylic oxidation sites excluding steroid dienone is 1. The molecular formula is C17H30O. The molecule has 2 rings (SSSR count). The second-order valence-electron chi connectivity index (χ2n) is 7.13. The Balaban J connectivity index is 2.21. The summed E-state index contributed by atoms with van der Waals surface area (Å²) in [5.74, 6) is 2.63. The third-order valence-electron chi connectivity index (χ3n) is 6.17. The SMILES string of the molecule is CC/C(CO)=C1/CC[C@@H]2CC[C@H](C)C(C)(C)[C@H]2C1. The first-order valence-corrected chi connectivity index (χ1v) is 7.81. The van der Waals surface area contributed by atoms with E-state index in [4.69, 9.17) is 0 Å². The van der Waals surface area contributed by atoms with Crippen molar-refractivity contribution in [3.05, 3.63) is 11.1 Å². The molecule has 1 N–H and O–H groups in total. The topological polar surface area (TPSA) is 20.2 Å². The van der Waals surface area contributed by atoms with Gasteiger partial charge in [0.15, 0.2) is 0 Å². The minimum atomic E-state index is 0.277. The van der Waals surface area contributed by atoms with Crippen LogP contribution in [0.15, 0.2) is 11.1 Å². The highest BCUT2D eigenvalue weighted by Crippen LogP contribution is 2.54. The average molecular weight is 250 g/mol. The third kappa shape index (κ3) is 2.39. The molecule has 104 valence electrons. The zero-order valence-electron chi connectivity index (χ0n) is 12.6. The predicted octanol–water partition coefficient (Wildman–Crippen LogP) is 4.56. The second kappa shape index (κ2) is 5.36. The van der Waals surface area contributed by atoms with Crippen LogP contribution in [0.2, 0.25) is 0 Å². The van der Waals surface area contributed by atoms with Crippen LogP contribution in [0.5, 0.6) is 0 Å². The van der Waals surface area contributed by atoms with Gasteiger partial charge < -0.3 is 5.11 Å². The lowest BCUT2D eigenvalue weighted by molar-refractivity contribution is 0.00682. The van der Waals surface area contributed by atoms with Crippen LogP contribution in [-0.4, -0.2) is 11.7 Å². The van der Waals surface area contributed by atoms with Gasteiger partial charge in [0.25, 0.3) is 0 Å². The van der Waals surface area contributed by atoms with Gasteiger partial charge in [-0.1, -0.05) is 33.3 Å². The number of aliphatic hydroxyl groups is 1. The lowest BCUT2D eigenvalue weighted by atomic mass is 9.54. The van der Waals surface area contributed by atoms with Crippen molar-refractivity contribution in [1.82, 2.24) is 0 Å². The first kappa shape index (κ1) is 14.1. The molecule has 0 amide bonds. The van der Waals surface area contributed by atoms with E-state index >= 15 is 0 Å². The average Bonchev–Trinajstić information content (AvgIpc) is 2.36. The number of hydrogen-bond donors (Lipinski definition) is 1. The van der Waals surface area contributed by atoms with E-state index in [-0.39, 0.29) is 6.61 Å². The first-order chi connectivity index (χ1) is 8.50. The zero-order valence-corrected chi connectivity index (χ0v) is 12.6. The van der Waals surface area contributed by atoms with Gasteiger partial charge in [-0.3, -0.25) is 0 Å². The van der Waals surface area contributed by atoms with Crippen LogP contribution in [0.1, 0.15) is 66.2 Å². The van der Waals surface area contributed by atoms with E-state index in [1.165, 1.54) is 37.7 Å². The fourth-order valence-corrected chi connectivity index (χ4v) is 4.31. The van der Waals surface area contributed by atoms with Crippen molar-refractivity contribution in [3.8, 4) is 0 Å². The van der Waals surface area contributed by atoms with Crippen LogP contribution in [-0.2, 0) is 0 Å². The summed E-state index contributed by atoms with van der Waals surface area (Å²) in [6.07, 6.45) is 7.73. The van der Waals surface area contributed by atoms with Crippen molar-refractivity contribution >= 4 is 0 Å². The highest BCUT2D eigenvalue weighted by Gasteiger charge is 2.44. The molecule has 0 aromatic heterocycles. The van der Waals surface area contributed by atoms with E-state index in [0.717, 1.165) is 24.2 Å². The Morgan fingerprint density at radius 2 is 2.00 bits per heavy atom. The molecule has 0 spiro atoms. The van der Waals surface area contributed by atoms with Gasteiger partial charge in [-0.05, 0) is 67.3 Å². The Bertz CT molecular complexity index is 321. The fraction of sp³-hybridized carbons (Fsp3) is 0.882. The molecule has 1 nitrogen and oxygen atoms in total. The summed E-state index contributed by atoms with van der Waals surface area (Å²) in [7, 11) is 0. The third-order valence-corrected chi connectivity index (χ3v) is 6.17. The maximum atomic E-state index is 9.50. The van der Waals surface area contributed by atoms with Gasteiger partial charge in [0.2, 0.25) is 0 Å². The van der Waals surface area contributed by atoms with E-state index < -0.39 is 0 Å². The molecule has 2 aliphatic rings. The summed E-state index contributed by atoms with van der Waals surface area (Å²) in [6, 6.07) is 0. The molecule has 0 aliphatic heterocycles. The lowest BCUT2D eigenvalue weighted by Gasteiger charge is -2.51. The Hall–Kier alpha value is -0.300. The van der Waals surface area contributed by atoms with E-state index in [9.17, 15) is 5.11 Å². The Kier molecular flexibility index (Phi) is 4.21. The van der Waals surface area contributed by atoms with Crippen molar-refractivity contribution in [2.24, 2.45) is 23.2 Å². The van der Waals surface area contributed by atoms with Gasteiger partial charge in [-0.25, -0.2) is 0 Å². The van der Waals surface area contributed by atoms with E-state index in [1.54, 1.807) is 5.57 Å². The highest BCUT2D eigenvalue weighted by atomic mass is 16.3. The molecule has 2 fully saturated rings. The van der Waals surface area contributed by atoms with Crippen LogP contribution in [0, 0.1) is 23.2 Å². The van der Waals surface area contributed by atoms with Crippen LogP contribution in [0.4, 0.5) is 0 Å². The number of rotatable bonds is 2. The van der Waals surface area contributed by atoms with Gasteiger partial charge in [0.1, 0.15) is 0 Å². The molecule has 2 aliphatic carbocycles. The number of aliphatic hydroxyl groups excluding tert-OH is 1. The maximum Gasteiger partial charge on any atom is 0.0644 e. The smallest absolute Gasteiger partial charge is 0.0644 e. The molecule has 0 heterocycles. The van der Waals surface area contributed by atoms with Gasteiger partial charge in [-0.15, -0.1) is 0 Å². The summed E-state index contributed by atoms with van der Waals surface area (Å²) in [4.78, 5) is 0. The van der Waals surface area contributed by atoms with Gasteiger partial charge in [-0.2, -0.15) is 0 Å². The molecule has 0 aromatic rings. The summed E-state index contributed by atoms with van der Waals surface area (Å²) >= 11 is 0. The first-order valence-electron chi connectivity index (χ1n) is 7.81. The van der Waals surface area contributed by atoms with Crippen LogP contribution >= 0.6 is 0 Å². The summed E-state index contributed by atoms with van der Waals surface area (Å²) in [5, 5.41) is 9.50. The van der Waals surface area contributed by atoms with Crippen LogP contribution < -0.4 is 0 Å². The van der Waals surface area contributed by atoms with Crippen molar-refractivity contribution < 1.29 is 5.11 Å². The zero-order chi connectivity index (χ0) is 13.3. The standard InChI is InChI=1S/C17H30O/c1-5-13(11-18)15-9-8-14-7-6-12(2)17(3,4)16(14)10-15/h12,14,16,18H,5-11H2,1-4H3/b15-13+/t12-,14-,16-/m0/s1. The monoisotopic (exact) mass is 250 g/mol. The van der Waals surface area contributed by atoms with Gasteiger partial charge >= 0.3 is 0 Å². The Morgan fingerprint density at radius 3 is 2.61 bits per heavy atom. The number of fused-ring (bicyclic) bond motifs is 1. The summed E-state index contributed by atoms with van der Waals surface area (Å²) in [5.41, 5.74) is 3.38. The Labute approximate surface area is 113 Å². The Morgan fingerprint density at radius 1 is 1.28 bits per heavy atom. The van der Waals surface area contributed by atoms with Crippen molar-refractivity contribution in [1.29, 1.82) is 0 Å². The fourth-order valence-electron chi connectivity index (χ4n) is 4.31. The van der Waals surface area contributed by atoms with Crippen LogP contribution in [0.3, 0.4) is 0 Å². The molecule has 0 saturated heterocycles. The maximum absolute atomic E-state index is 9.50. The second-order valence-corrected chi connectivity index (χ2v) is 7.13. The molecular weight excluding hydrogens is 220 g/mol. The minimum Gasteiger partial charge on any atom is -0.392 e. The van der Waals surface area contributed by atoms with Crippen molar-refractivity contribution in [2.75, 3.05) is 6.61 Å². The largest absolute Gasteiger partial charge is 0.392 e. The molecule has 1 heteroatoms. The quantitative estimate of drug-likeness (QED) is 0.712. The summed E-state index contributed by atoms with van der Waals surface area (Å²) in [6.45, 7) is 9.84. The lowest BCUT2D eigenvalue weighted by Crippen LogP contribution is -2.42. The molecule has 18 heavy (non-hydrogen) atoms.